The van der Waals surface area contributed by atoms with Crippen LogP contribution in [-0.4, -0.2) is 29.1 Å². The molecule has 2 fully saturated rings. The molecule has 1 saturated heterocycles. The molecule has 1 aromatic carbocycles. The smallest absolute Gasteiger partial charge is 0.276 e. The van der Waals surface area contributed by atoms with Gasteiger partial charge in [0, 0.05) is 24.7 Å². The number of amides is 1. The Hall–Kier alpha value is -2.10. The van der Waals surface area contributed by atoms with Crippen LogP contribution in [-0.2, 0) is 0 Å². The minimum absolute atomic E-state index is 0.0118. The van der Waals surface area contributed by atoms with Crippen molar-refractivity contribution in [3.8, 4) is 11.3 Å². The highest BCUT2D eigenvalue weighted by atomic mass is 16.5. The first-order valence-electron chi connectivity index (χ1n) is 10.5. The van der Waals surface area contributed by atoms with E-state index in [2.05, 4.69) is 43.3 Å². The molecule has 2 aliphatic rings. The van der Waals surface area contributed by atoms with Crippen LogP contribution in [0.5, 0.6) is 0 Å². The number of carbonyl (C=O) groups is 1. The summed E-state index contributed by atoms with van der Waals surface area (Å²) in [7, 11) is 0. The first kappa shape index (κ1) is 18.3. The van der Waals surface area contributed by atoms with E-state index in [1.54, 1.807) is 6.07 Å². The van der Waals surface area contributed by atoms with Gasteiger partial charge in [0.25, 0.3) is 5.91 Å². The predicted molar refractivity (Wildman–Crippen MR) is 107 cm³/mol. The lowest BCUT2D eigenvalue weighted by Gasteiger charge is -2.34. The average Bonchev–Trinajstić information content (AvgIpc) is 3.18. The normalized spacial score (nSPS) is 24.1. The summed E-state index contributed by atoms with van der Waals surface area (Å²) in [6.45, 7) is 6.03. The largest absolute Gasteiger partial charge is 0.355 e. The lowest BCUT2D eigenvalue weighted by molar-refractivity contribution is 0.0613. The van der Waals surface area contributed by atoms with Gasteiger partial charge in [-0.1, -0.05) is 62.5 Å². The lowest BCUT2D eigenvalue weighted by atomic mass is 9.84. The molecule has 144 valence electrons. The van der Waals surface area contributed by atoms with Crippen molar-refractivity contribution < 1.29 is 9.32 Å². The van der Waals surface area contributed by atoms with Crippen LogP contribution in [0.2, 0.25) is 0 Å². The lowest BCUT2D eigenvalue weighted by Crippen LogP contribution is -2.42. The molecule has 1 aromatic heterocycles. The molecule has 27 heavy (non-hydrogen) atoms. The number of carbonyl (C=O) groups excluding carboxylic acids is 1. The molecule has 2 atom stereocenters. The van der Waals surface area contributed by atoms with Gasteiger partial charge in [0.2, 0.25) is 0 Å². The third-order valence-corrected chi connectivity index (χ3v) is 6.16. The van der Waals surface area contributed by atoms with Crippen molar-refractivity contribution in [3.63, 3.8) is 0 Å². The molecule has 2 aromatic rings. The zero-order valence-electron chi connectivity index (χ0n) is 16.5. The molecule has 4 heteroatoms. The first-order chi connectivity index (χ1) is 13.1. The van der Waals surface area contributed by atoms with Crippen LogP contribution in [0.3, 0.4) is 0 Å². The molecule has 0 radical (unpaired) electrons. The maximum absolute atomic E-state index is 12.8. The van der Waals surface area contributed by atoms with Crippen LogP contribution in [0.1, 0.15) is 74.3 Å². The van der Waals surface area contributed by atoms with Gasteiger partial charge in [-0.2, -0.15) is 0 Å². The van der Waals surface area contributed by atoms with Crippen LogP contribution in [0.15, 0.2) is 34.9 Å². The Kier molecular flexibility index (Phi) is 5.33. The van der Waals surface area contributed by atoms with E-state index < -0.39 is 0 Å². The van der Waals surface area contributed by atoms with E-state index in [9.17, 15) is 4.79 Å². The second-order valence-electron chi connectivity index (χ2n) is 8.69. The number of nitrogens with zero attached hydrogens (tertiary/aromatic N) is 2. The Balaban J connectivity index is 1.46. The Bertz CT molecular complexity index is 764. The summed E-state index contributed by atoms with van der Waals surface area (Å²) in [5, 5.41) is 4.06. The summed E-state index contributed by atoms with van der Waals surface area (Å²) in [5.41, 5.74) is 2.83. The van der Waals surface area contributed by atoms with E-state index >= 15 is 0 Å². The van der Waals surface area contributed by atoms with E-state index in [4.69, 9.17) is 4.52 Å². The number of likely N-dealkylation sites (tertiary alicyclic amines) is 1. The summed E-state index contributed by atoms with van der Waals surface area (Å²) >= 11 is 0. The van der Waals surface area contributed by atoms with Gasteiger partial charge in [-0.05, 0) is 42.6 Å². The summed E-state index contributed by atoms with van der Waals surface area (Å²) < 4.78 is 5.50. The third-order valence-electron chi connectivity index (χ3n) is 6.16. The Labute approximate surface area is 161 Å². The van der Waals surface area contributed by atoms with Gasteiger partial charge in [0.05, 0.1) is 0 Å². The van der Waals surface area contributed by atoms with Crippen LogP contribution in [0.25, 0.3) is 11.3 Å². The molecular weight excluding hydrogens is 336 g/mol. The highest BCUT2D eigenvalue weighted by Crippen LogP contribution is 2.33. The minimum Gasteiger partial charge on any atom is -0.355 e. The van der Waals surface area contributed by atoms with Crippen molar-refractivity contribution in [2.24, 2.45) is 11.8 Å². The average molecular weight is 367 g/mol. The Morgan fingerprint density at radius 1 is 1.04 bits per heavy atom. The quantitative estimate of drug-likeness (QED) is 0.720. The summed E-state index contributed by atoms with van der Waals surface area (Å²) in [6, 6.07) is 10.4. The molecule has 4 rings (SSSR count). The van der Waals surface area contributed by atoms with Crippen molar-refractivity contribution in [2.45, 2.75) is 58.3 Å². The zero-order valence-corrected chi connectivity index (χ0v) is 16.5. The SMILES string of the molecule is C[C@H]1C[C@H](C)CN(C(=O)c2cc(-c3ccc(C4CCCCC4)cc3)on2)C1. The Morgan fingerprint density at radius 3 is 2.37 bits per heavy atom. The standard InChI is InChI=1S/C23H30N2O2/c1-16-12-17(2)15-25(14-16)23(26)21-13-22(27-24-21)20-10-8-19(9-11-20)18-6-4-3-5-7-18/h8-11,13,16-18H,3-7,12,14-15H2,1-2H3/t16-,17-/m0/s1. The molecule has 0 bridgehead atoms. The van der Waals surface area contributed by atoms with Crippen LogP contribution >= 0.6 is 0 Å². The fraction of sp³-hybridized carbons (Fsp3) is 0.565. The van der Waals surface area contributed by atoms with Crippen molar-refractivity contribution in [1.82, 2.24) is 10.1 Å². The highest BCUT2D eigenvalue weighted by molar-refractivity contribution is 5.93. The molecule has 0 N–H and O–H groups in total. The maximum atomic E-state index is 12.8. The molecule has 1 amide bonds. The molecule has 1 aliphatic carbocycles. The molecule has 0 unspecified atom stereocenters. The van der Waals surface area contributed by atoms with Crippen molar-refractivity contribution in [1.29, 1.82) is 0 Å². The molecule has 1 aliphatic heterocycles. The van der Waals surface area contributed by atoms with Crippen LogP contribution < -0.4 is 0 Å². The highest BCUT2D eigenvalue weighted by Gasteiger charge is 2.28. The number of rotatable bonds is 3. The van der Waals surface area contributed by atoms with Gasteiger partial charge in [-0.25, -0.2) is 0 Å². The fourth-order valence-corrected chi connectivity index (χ4v) is 4.86. The molecular formula is C23H30N2O2. The van der Waals surface area contributed by atoms with Crippen LogP contribution in [0, 0.1) is 11.8 Å². The van der Waals surface area contributed by atoms with Gasteiger partial charge < -0.3 is 9.42 Å². The zero-order chi connectivity index (χ0) is 18.8. The monoisotopic (exact) mass is 366 g/mol. The van der Waals surface area contributed by atoms with Crippen molar-refractivity contribution in [2.75, 3.05) is 13.1 Å². The van der Waals surface area contributed by atoms with E-state index in [1.807, 2.05) is 4.90 Å². The van der Waals surface area contributed by atoms with Gasteiger partial charge >= 0.3 is 0 Å². The first-order valence-corrected chi connectivity index (χ1v) is 10.5. The summed E-state index contributed by atoms with van der Waals surface area (Å²) in [6.07, 6.45) is 7.83. The van der Waals surface area contributed by atoms with Gasteiger partial charge in [-0.15, -0.1) is 0 Å². The van der Waals surface area contributed by atoms with Gasteiger partial charge in [0.1, 0.15) is 0 Å². The van der Waals surface area contributed by atoms with E-state index in [1.165, 1.54) is 44.1 Å². The number of piperidine rings is 1. The third kappa shape index (κ3) is 4.10. The number of hydrogen-bond donors (Lipinski definition) is 0. The number of hydrogen-bond acceptors (Lipinski definition) is 3. The second kappa shape index (κ2) is 7.87. The summed E-state index contributed by atoms with van der Waals surface area (Å²) in [5.74, 6) is 2.43. The van der Waals surface area contributed by atoms with Crippen molar-refractivity contribution >= 4 is 5.91 Å². The number of aromatic nitrogens is 1. The van der Waals surface area contributed by atoms with Gasteiger partial charge in [0.15, 0.2) is 11.5 Å². The molecule has 0 spiro atoms. The van der Waals surface area contributed by atoms with E-state index in [0.29, 0.717) is 29.2 Å². The molecule has 2 heterocycles. The summed E-state index contributed by atoms with van der Waals surface area (Å²) in [4.78, 5) is 14.7. The number of benzene rings is 1. The minimum atomic E-state index is -0.0118. The fourth-order valence-electron chi connectivity index (χ4n) is 4.86. The van der Waals surface area contributed by atoms with Gasteiger partial charge in [-0.3, -0.25) is 4.79 Å². The van der Waals surface area contributed by atoms with Crippen molar-refractivity contribution in [3.05, 3.63) is 41.6 Å². The van der Waals surface area contributed by atoms with E-state index in [-0.39, 0.29) is 5.91 Å². The van der Waals surface area contributed by atoms with E-state index in [0.717, 1.165) is 18.7 Å². The second-order valence-corrected chi connectivity index (χ2v) is 8.69. The molecule has 4 nitrogen and oxygen atoms in total. The Morgan fingerprint density at radius 2 is 1.70 bits per heavy atom. The maximum Gasteiger partial charge on any atom is 0.276 e. The topological polar surface area (TPSA) is 46.3 Å². The van der Waals surface area contributed by atoms with Crippen LogP contribution in [0.4, 0.5) is 0 Å². The molecule has 1 saturated carbocycles. The predicted octanol–water partition coefficient (Wildman–Crippen LogP) is 5.51.